The SMILES string of the molecule is Cc1cc(C(=O)CCC(=O)Nc2ccccc2SCC(N)=O)c(C)s1. The number of ketones is 1. The van der Waals surface area contributed by atoms with E-state index < -0.39 is 5.91 Å². The highest BCUT2D eigenvalue weighted by Crippen LogP contribution is 2.27. The van der Waals surface area contributed by atoms with Gasteiger partial charge in [0.2, 0.25) is 11.8 Å². The Labute approximate surface area is 155 Å². The van der Waals surface area contributed by atoms with Crippen molar-refractivity contribution in [2.45, 2.75) is 31.6 Å². The quantitative estimate of drug-likeness (QED) is 0.545. The van der Waals surface area contributed by atoms with Gasteiger partial charge >= 0.3 is 0 Å². The molecule has 2 amide bonds. The third-order valence-electron chi connectivity index (χ3n) is 3.45. The summed E-state index contributed by atoms with van der Waals surface area (Å²) in [6.07, 6.45) is 0.279. The molecule has 0 saturated carbocycles. The minimum absolute atomic E-state index is 0.0200. The minimum Gasteiger partial charge on any atom is -0.369 e. The zero-order chi connectivity index (χ0) is 18.4. The normalized spacial score (nSPS) is 10.5. The molecule has 0 bridgehead atoms. The number of nitrogens with one attached hydrogen (secondary N) is 1. The lowest BCUT2D eigenvalue weighted by atomic mass is 10.1. The van der Waals surface area contributed by atoms with E-state index in [-0.39, 0.29) is 30.3 Å². The molecule has 3 N–H and O–H groups in total. The zero-order valence-electron chi connectivity index (χ0n) is 14.1. The maximum Gasteiger partial charge on any atom is 0.227 e. The number of anilines is 1. The molecule has 0 atom stereocenters. The summed E-state index contributed by atoms with van der Waals surface area (Å²) in [5, 5.41) is 2.80. The summed E-state index contributed by atoms with van der Waals surface area (Å²) >= 11 is 2.85. The van der Waals surface area contributed by atoms with Gasteiger partial charge in [-0.3, -0.25) is 14.4 Å². The van der Waals surface area contributed by atoms with Crippen LogP contribution in [-0.4, -0.2) is 23.4 Å². The molecule has 0 unspecified atom stereocenters. The molecule has 2 rings (SSSR count). The number of nitrogens with two attached hydrogens (primary N) is 1. The summed E-state index contributed by atoms with van der Waals surface area (Å²) in [4.78, 5) is 38.2. The fourth-order valence-corrected chi connectivity index (χ4v) is 4.02. The number of amides is 2. The predicted molar refractivity (Wildman–Crippen MR) is 102 cm³/mol. The fraction of sp³-hybridized carbons (Fsp3) is 0.278. The van der Waals surface area contributed by atoms with E-state index in [0.717, 1.165) is 14.6 Å². The summed E-state index contributed by atoms with van der Waals surface area (Å²) in [6, 6.07) is 9.06. The molecular formula is C18H20N2O3S2. The van der Waals surface area contributed by atoms with Gasteiger partial charge in [-0.25, -0.2) is 0 Å². The van der Waals surface area contributed by atoms with Crippen molar-refractivity contribution in [1.82, 2.24) is 0 Å². The van der Waals surface area contributed by atoms with E-state index in [2.05, 4.69) is 5.32 Å². The topological polar surface area (TPSA) is 89.3 Å². The van der Waals surface area contributed by atoms with Gasteiger partial charge in [0.05, 0.1) is 11.4 Å². The van der Waals surface area contributed by atoms with Crippen molar-refractivity contribution in [1.29, 1.82) is 0 Å². The lowest BCUT2D eigenvalue weighted by Gasteiger charge is -2.10. The number of carbonyl (C=O) groups excluding carboxylic acids is 3. The van der Waals surface area contributed by atoms with E-state index in [9.17, 15) is 14.4 Å². The van der Waals surface area contributed by atoms with Crippen LogP contribution in [0.1, 0.15) is 33.0 Å². The summed E-state index contributed by atoms with van der Waals surface area (Å²) in [5.74, 6) is -0.529. The standard InChI is InChI=1S/C18H20N2O3S2/c1-11-9-13(12(2)25-11)15(21)7-8-18(23)20-14-5-3-4-6-16(14)24-10-17(19)22/h3-6,9H,7-8,10H2,1-2H3,(H2,19,22)(H,20,23). The van der Waals surface area contributed by atoms with Gasteiger partial charge in [-0.05, 0) is 32.0 Å². The monoisotopic (exact) mass is 376 g/mol. The summed E-state index contributed by atoms with van der Waals surface area (Å²) in [5.41, 5.74) is 6.48. The Morgan fingerprint density at radius 1 is 1.16 bits per heavy atom. The van der Waals surface area contributed by atoms with Gasteiger partial charge in [-0.15, -0.1) is 23.1 Å². The van der Waals surface area contributed by atoms with E-state index in [1.807, 2.05) is 32.0 Å². The Balaban J connectivity index is 1.93. The maximum absolute atomic E-state index is 12.3. The van der Waals surface area contributed by atoms with Gasteiger partial charge in [0.25, 0.3) is 0 Å². The lowest BCUT2D eigenvalue weighted by Crippen LogP contribution is -2.15. The first kappa shape index (κ1) is 19.2. The molecular weight excluding hydrogens is 356 g/mol. The third-order valence-corrected chi connectivity index (χ3v) is 5.51. The van der Waals surface area contributed by atoms with Crippen LogP contribution < -0.4 is 11.1 Å². The van der Waals surface area contributed by atoms with Crippen LogP contribution in [0.15, 0.2) is 35.2 Å². The van der Waals surface area contributed by atoms with E-state index >= 15 is 0 Å². The molecule has 1 aromatic carbocycles. The van der Waals surface area contributed by atoms with E-state index in [0.29, 0.717) is 11.3 Å². The lowest BCUT2D eigenvalue weighted by molar-refractivity contribution is -0.116. The van der Waals surface area contributed by atoms with Crippen LogP contribution in [0.5, 0.6) is 0 Å². The predicted octanol–water partition coefficient (Wildman–Crippen LogP) is 3.54. The van der Waals surface area contributed by atoms with Crippen LogP contribution in [0.25, 0.3) is 0 Å². The second kappa shape index (κ2) is 8.82. The molecule has 0 aliphatic heterocycles. The van der Waals surface area contributed by atoms with Crippen molar-refractivity contribution in [3.05, 3.63) is 45.6 Å². The van der Waals surface area contributed by atoms with E-state index in [1.54, 1.807) is 23.5 Å². The number of carbonyl (C=O) groups is 3. The summed E-state index contributed by atoms with van der Waals surface area (Å²) < 4.78 is 0. The van der Waals surface area contributed by atoms with Crippen molar-refractivity contribution in [2.75, 3.05) is 11.1 Å². The summed E-state index contributed by atoms with van der Waals surface area (Å²) in [7, 11) is 0. The first-order chi connectivity index (χ1) is 11.9. The zero-order valence-corrected chi connectivity index (χ0v) is 15.8. The largest absolute Gasteiger partial charge is 0.369 e. The number of benzene rings is 1. The molecule has 25 heavy (non-hydrogen) atoms. The van der Waals surface area contributed by atoms with Gasteiger partial charge in [-0.1, -0.05) is 12.1 Å². The number of primary amides is 1. The number of hydrogen-bond acceptors (Lipinski definition) is 5. The first-order valence-electron chi connectivity index (χ1n) is 7.77. The average molecular weight is 377 g/mol. The van der Waals surface area contributed by atoms with Crippen molar-refractivity contribution in [2.24, 2.45) is 5.73 Å². The number of aryl methyl sites for hydroxylation is 2. The molecule has 0 spiro atoms. The minimum atomic E-state index is -0.418. The van der Waals surface area contributed by atoms with Crippen LogP contribution in [-0.2, 0) is 9.59 Å². The Morgan fingerprint density at radius 2 is 1.88 bits per heavy atom. The average Bonchev–Trinajstić information content (AvgIpc) is 2.90. The first-order valence-corrected chi connectivity index (χ1v) is 9.57. The van der Waals surface area contributed by atoms with Gasteiger partial charge in [0, 0.05) is 33.1 Å². The smallest absolute Gasteiger partial charge is 0.227 e. The molecule has 0 radical (unpaired) electrons. The number of para-hydroxylation sites is 1. The Kier molecular flexibility index (Phi) is 6.78. The summed E-state index contributed by atoms with van der Waals surface area (Å²) in [6.45, 7) is 3.87. The highest BCUT2D eigenvalue weighted by molar-refractivity contribution is 8.00. The molecule has 0 fully saturated rings. The fourth-order valence-electron chi connectivity index (χ4n) is 2.33. The van der Waals surface area contributed by atoms with E-state index in [1.165, 1.54) is 11.8 Å². The highest BCUT2D eigenvalue weighted by atomic mass is 32.2. The molecule has 0 saturated heterocycles. The van der Waals surface area contributed by atoms with Gasteiger partial charge < -0.3 is 11.1 Å². The molecule has 0 aliphatic carbocycles. The van der Waals surface area contributed by atoms with Crippen molar-refractivity contribution in [3.8, 4) is 0 Å². The molecule has 1 aromatic heterocycles. The second-order valence-corrected chi connectivity index (χ2v) is 8.03. The van der Waals surface area contributed by atoms with Gasteiger partial charge in [-0.2, -0.15) is 0 Å². The molecule has 2 aromatic rings. The molecule has 1 heterocycles. The number of hydrogen-bond donors (Lipinski definition) is 2. The van der Waals surface area contributed by atoms with E-state index in [4.69, 9.17) is 5.73 Å². The number of Topliss-reactive ketones (excluding diaryl/α,β-unsaturated/α-hetero) is 1. The van der Waals surface area contributed by atoms with Crippen LogP contribution >= 0.6 is 23.1 Å². The van der Waals surface area contributed by atoms with Crippen LogP contribution in [0, 0.1) is 13.8 Å². The molecule has 7 heteroatoms. The second-order valence-electron chi connectivity index (χ2n) is 5.55. The van der Waals surface area contributed by atoms with Gasteiger partial charge in [0.15, 0.2) is 5.78 Å². The third kappa shape index (κ3) is 5.72. The van der Waals surface area contributed by atoms with Gasteiger partial charge in [0.1, 0.15) is 0 Å². The van der Waals surface area contributed by atoms with Crippen LogP contribution in [0.4, 0.5) is 5.69 Å². The maximum atomic E-state index is 12.3. The number of thioether (sulfide) groups is 1. The van der Waals surface area contributed by atoms with Crippen molar-refractivity contribution >= 4 is 46.4 Å². The van der Waals surface area contributed by atoms with Crippen LogP contribution in [0.3, 0.4) is 0 Å². The van der Waals surface area contributed by atoms with Crippen molar-refractivity contribution < 1.29 is 14.4 Å². The Bertz CT molecular complexity index is 799. The molecule has 132 valence electrons. The number of thiophene rings is 1. The number of rotatable bonds is 8. The molecule has 5 nitrogen and oxygen atoms in total. The Morgan fingerprint density at radius 3 is 2.52 bits per heavy atom. The Hall–Kier alpha value is -2.12. The molecule has 0 aliphatic rings. The highest BCUT2D eigenvalue weighted by Gasteiger charge is 2.14. The van der Waals surface area contributed by atoms with Crippen molar-refractivity contribution in [3.63, 3.8) is 0 Å². The van der Waals surface area contributed by atoms with Crippen LogP contribution in [0.2, 0.25) is 0 Å².